The average Bonchev–Trinajstić information content (AvgIpc) is 2.32. The van der Waals surface area contributed by atoms with Gasteiger partial charge in [-0.15, -0.1) is 0 Å². The summed E-state index contributed by atoms with van der Waals surface area (Å²) in [5, 5.41) is 0. The summed E-state index contributed by atoms with van der Waals surface area (Å²) >= 11 is 0. The van der Waals surface area contributed by atoms with Crippen LogP contribution in [-0.2, 0) is 11.3 Å². The van der Waals surface area contributed by atoms with Crippen molar-refractivity contribution in [3.8, 4) is 0 Å². The maximum Gasteiger partial charge on any atom is 0.0772 e. The Morgan fingerprint density at radius 1 is 1.62 bits per heavy atom. The minimum absolute atomic E-state index is 0.360. The third-order valence-corrected chi connectivity index (χ3v) is 3.09. The molecule has 0 saturated carbocycles. The molecule has 1 aromatic heterocycles. The summed E-state index contributed by atoms with van der Waals surface area (Å²) in [6.07, 6.45) is 4.50. The minimum Gasteiger partial charge on any atom is -0.397 e. The van der Waals surface area contributed by atoms with Crippen molar-refractivity contribution in [3.05, 3.63) is 24.0 Å². The van der Waals surface area contributed by atoms with Crippen LogP contribution in [0.4, 0.5) is 5.69 Å². The highest BCUT2D eigenvalue weighted by Gasteiger charge is 2.20. The van der Waals surface area contributed by atoms with Gasteiger partial charge in [-0.05, 0) is 31.5 Å². The van der Waals surface area contributed by atoms with Crippen LogP contribution in [0.5, 0.6) is 0 Å². The fourth-order valence-corrected chi connectivity index (χ4v) is 2.14. The Morgan fingerprint density at radius 3 is 3.25 bits per heavy atom. The minimum atomic E-state index is 0.360. The molecule has 0 radical (unpaired) electrons. The fraction of sp³-hybridized carbons (Fsp3) is 0.583. The molecule has 2 N–H and O–H groups in total. The monoisotopic (exact) mass is 221 g/mol. The van der Waals surface area contributed by atoms with Gasteiger partial charge in [0.2, 0.25) is 0 Å². The van der Waals surface area contributed by atoms with Gasteiger partial charge in [0.15, 0.2) is 0 Å². The van der Waals surface area contributed by atoms with Crippen LogP contribution >= 0.6 is 0 Å². The Bertz CT molecular complexity index is 343. The maximum absolute atomic E-state index is 5.88. The first kappa shape index (κ1) is 11.4. The van der Waals surface area contributed by atoms with Gasteiger partial charge in [0.25, 0.3) is 0 Å². The van der Waals surface area contributed by atoms with E-state index in [1.54, 1.807) is 13.3 Å². The lowest BCUT2D eigenvalue weighted by molar-refractivity contribution is 0.0282. The maximum atomic E-state index is 5.88. The number of rotatable bonds is 3. The van der Waals surface area contributed by atoms with Gasteiger partial charge in [0, 0.05) is 26.4 Å². The molecule has 4 heteroatoms. The molecule has 2 heterocycles. The molecule has 0 amide bonds. The average molecular weight is 221 g/mol. The molecule has 16 heavy (non-hydrogen) atoms. The van der Waals surface area contributed by atoms with Gasteiger partial charge < -0.3 is 10.5 Å². The number of hydrogen-bond acceptors (Lipinski definition) is 4. The highest BCUT2D eigenvalue weighted by atomic mass is 16.5. The Hall–Kier alpha value is -1.13. The summed E-state index contributed by atoms with van der Waals surface area (Å²) in [4.78, 5) is 6.67. The lowest BCUT2D eigenvalue weighted by Gasteiger charge is -2.31. The zero-order chi connectivity index (χ0) is 11.4. The number of nitrogen functional groups attached to an aromatic ring is 1. The Morgan fingerprint density at radius 2 is 2.50 bits per heavy atom. The molecule has 0 spiro atoms. The summed E-state index contributed by atoms with van der Waals surface area (Å²) in [6.45, 7) is 2.91. The largest absolute Gasteiger partial charge is 0.397 e. The van der Waals surface area contributed by atoms with Crippen molar-refractivity contribution in [1.82, 2.24) is 9.88 Å². The van der Waals surface area contributed by atoms with Gasteiger partial charge in [-0.1, -0.05) is 0 Å². The Balaban J connectivity index is 1.97. The number of piperidine rings is 1. The molecule has 1 aliphatic heterocycles. The first-order valence-corrected chi connectivity index (χ1v) is 5.74. The Kier molecular flexibility index (Phi) is 3.74. The van der Waals surface area contributed by atoms with E-state index in [0.717, 1.165) is 37.4 Å². The van der Waals surface area contributed by atoms with Gasteiger partial charge in [0.1, 0.15) is 0 Å². The van der Waals surface area contributed by atoms with Gasteiger partial charge in [-0.3, -0.25) is 9.88 Å². The second kappa shape index (κ2) is 5.27. The molecule has 88 valence electrons. The van der Waals surface area contributed by atoms with Gasteiger partial charge in [-0.2, -0.15) is 0 Å². The van der Waals surface area contributed by atoms with E-state index in [0.29, 0.717) is 6.10 Å². The van der Waals surface area contributed by atoms with E-state index in [4.69, 9.17) is 10.5 Å². The van der Waals surface area contributed by atoms with Crippen LogP contribution in [0.25, 0.3) is 0 Å². The molecule has 4 nitrogen and oxygen atoms in total. The summed E-state index contributed by atoms with van der Waals surface area (Å²) in [6, 6.07) is 3.77. The highest BCUT2D eigenvalue weighted by Crippen LogP contribution is 2.16. The molecule has 1 aromatic rings. The standard InChI is InChI=1S/C12H19N3O/c1-16-10-4-3-7-15(8-10)9-12-11(13)5-2-6-14-12/h2,5-6,10H,3-4,7-9,13H2,1H3. The quantitative estimate of drug-likeness (QED) is 0.835. The van der Waals surface area contributed by atoms with Crippen molar-refractivity contribution in [2.24, 2.45) is 0 Å². The lowest BCUT2D eigenvalue weighted by Crippen LogP contribution is -2.38. The molecule has 0 aliphatic carbocycles. The number of anilines is 1. The highest BCUT2D eigenvalue weighted by molar-refractivity contribution is 5.41. The van der Waals surface area contributed by atoms with Crippen molar-refractivity contribution < 1.29 is 4.74 Å². The van der Waals surface area contributed by atoms with Gasteiger partial charge >= 0.3 is 0 Å². The van der Waals surface area contributed by atoms with Crippen molar-refractivity contribution >= 4 is 5.69 Å². The molecule has 1 atom stereocenters. The van der Waals surface area contributed by atoms with E-state index < -0.39 is 0 Å². The molecule has 1 saturated heterocycles. The zero-order valence-corrected chi connectivity index (χ0v) is 9.72. The molecular formula is C12H19N3O. The molecular weight excluding hydrogens is 202 g/mol. The van der Waals surface area contributed by atoms with Crippen LogP contribution in [0.1, 0.15) is 18.5 Å². The molecule has 2 rings (SSSR count). The van der Waals surface area contributed by atoms with E-state index in [9.17, 15) is 0 Å². The van der Waals surface area contributed by atoms with Crippen LogP contribution in [0.2, 0.25) is 0 Å². The molecule has 1 aliphatic rings. The van der Waals surface area contributed by atoms with Gasteiger partial charge in [0.05, 0.1) is 17.5 Å². The predicted octanol–water partition coefficient (Wildman–Crippen LogP) is 1.27. The van der Waals surface area contributed by atoms with Crippen molar-refractivity contribution in [2.75, 3.05) is 25.9 Å². The number of ether oxygens (including phenoxy) is 1. The van der Waals surface area contributed by atoms with Crippen molar-refractivity contribution in [1.29, 1.82) is 0 Å². The van der Waals surface area contributed by atoms with Crippen LogP contribution < -0.4 is 5.73 Å². The smallest absolute Gasteiger partial charge is 0.0772 e. The summed E-state index contributed by atoms with van der Waals surface area (Å²) in [7, 11) is 1.78. The third-order valence-electron chi connectivity index (χ3n) is 3.09. The van der Waals surface area contributed by atoms with E-state index in [2.05, 4.69) is 9.88 Å². The van der Waals surface area contributed by atoms with E-state index in [1.165, 1.54) is 6.42 Å². The second-order valence-corrected chi connectivity index (χ2v) is 4.27. The van der Waals surface area contributed by atoms with Crippen molar-refractivity contribution in [3.63, 3.8) is 0 Å². The SMILES string of the molecule is COC1CCCN(Cc2ncccc2N)C1. The molecule has 1 unspecified atom stereocenters. The number of aromatic nitrogens is 1. The number of pyridine rings is 1. The summed E-state index contributed by atoms with van der Waals surface area (Å²) in [5.41, 5.74) is 7.64. The normalized spacial score (nSPS) is 22.2. The van der Waals surface area contributed by atoms with E-state index in [-0.39, 0.29) is 0 Å². The van der Waals surface area contributed by atoms with Gasteiger partial charge in [-0.25, -0.2) is 0 Å². The van der Waals surface area contributed by atoms with E-state index in [1.807, 2.05) is 12.1 Å². The number of hydrogen-bond donors (Lipinski definition) is 1. The number of nitrogens with zero attached hydrogens (tertiary/aromatic N) is 2. The van der Waals surface area contributed by atoms with Crippen LogP contribution in [0.3, 0.4) is 0 Å². The lowest BCUT2D eigenvalue weighted by atomic mass is 10.1. The topological polar surface area (TPSA) is 51.4 Å². The number of methoxy groups -OCH3 is 1. The molecule has 0 aromatic carbocycles. The number of likely N-dealkylation sites (tertiary alicyclic amines) is 1. The predicted molar refractivity (Wildman–Crippen MR) is 64.0 cm³/mol. The first-order chi connectivity index (χ1) is 7.79. The second-order valence-electron chi connectivity index (χ2n) is 4.27. The third kappa shape index (κ3) is 2.71. The van der Waals surface area contributed by atoms with Crippen molar-refractivity contribution in [2.45, 2.75) is 25.5 Å². The molecule has 0 bridgehead atoms. The number of nitrogens with two attached hydrogens (primary N) is 1. The summed E-state index contributed by atoms with van der Waals surface area (Å²) < 4.78 is 5.40. The Labute approximate surface area is 96.4 Å². The summed E-state index contributed by atoms with van der Waals surface area (Å²) in [5.74, 6) is 0. The van der Waals surface area contributed by atoms with Crippen LogP contribution in [0.15, 0.2) is 18.3 Å². The van der Waals surface area contributed by atoms with Crippen LogP contribution in [-0.4, -0.2) is 36.2 Å². The van der Waals surface area contributed by atoms with Crippen LogP contribution in [0, 0.1) is 0 Å². The fourth-order valence-electron chi connectivity index (χ4n) is 2.14. The zero-order valence-electron chi connectivity index (χ0n) is 9.72. The van der Waals surface area contributed by atoms with E-state index >= 15 is 0 Å². The first-order valence-electron chi connectivity index (χ1n) is 5.74. The molecule has 1 fully saturated rings.